The number of amides is 1. The predicted octanol–water partition coefficient (Wildman–Crippen LogP) is 3.71. The number of aryl methyl sites for hydroxylation is 1. The van der Waals surface area contributed by atoms with Crippen LogP contribution in [-0.4, -0.2) is 27.8 Å². The monoisotopic (exact) mass is 348 g/mol. The zero-order chi connectivity index (χ0) is 18.1. The summed E-state index contributed by atoms with van der Waals surface area (Å²) in [5.41, 5.74) is 4.25. The lowest BCUT2D eigenvalue weighted by molar-refractivity contribution is 0.102. The van der Waals surface area contributed by atoms with Crippen LogP contribution in [-0.2, 0) is 0 Å². The number of anilines is 1. The molecule has 132 valence electrons. The van der Waals surface area contributed by atoms with E-state index in [9.17, 15) is 4.79 Å². The third kappa shape index (κ3) is 2.94. The van der Waals surface area contributed by atoms with E-state index in [1.807, 2.05) is 35.9 Å². The van der Waals surface area contributed by atoms with Crippen molar-refractivity contribution in [3.8, 4) is 11.6 Å². The topological polar surface area (TPSA) is 69.0 Å². The molecule has 1 saturated carbocycles. The van der Waals surface area contributed by atoms with Crippen molar-refractivity contribution in [2.45, 2.75) is 25.7 Å². The highest BCUT2D eigenvalue weighted by atomic mass is 16.5. The summed E-state index contributed by atoms with van der Waals surface area (Å²) in [4.78, 5) is 17.0. The molecule has 1 N–H and O–H groups in total. The molecule has 1 fully saturated rings. The SMILES string of the molecule is COc1ncccc1NC(=O)c1cnn(-c2ccccc2C)c1C1CC1. The molecule has 1 aromatic carbocycles. The molecule has 26 heavy (non-hydrogen) atoms. The lowest BCUT2D eigenvalue weighted by Gasteiger charge is -2.12. The Labute approximate surface area is 151 Å². The summed E-state index contributed by atoms with van der Waals surface area (Å²) >= 11 is 0. The highest BCUT2D eigenvalue weighted by Gasteiger charge is 2.33. The van der Waals surface area contributed by atoms with Gasteiger partial charge in [0.25, 0.3) is 5.91 Å². The Balaban J connectivity index is 1.71. The molecular weight excluding hydrogens is 328 g/mol. The summed E-state index contributed by atoms with van der Waals surface area (Å²) in [5, 5.41) is 7.42. The van der Waals surface area contributed by atoms with E-state index < -0.39 is 0 Å². The van der Waals surface area contributed by atoms with Gasteiger partial charge in [0.2, 0.25) is 5.88 Å². The van der Waals surface area contributed by atoms with Crippen LogP contribution in [0.15, 0.2) is 48.8 Å². The number of carbonyl (C=O) groups is 1. The first-order chi connectivity index (χ1) is 12.7. The van der Waals surface area contributed by atoms with Gasteiger partial charge in [-0.2, -0.15) is 5.10 Å². The van der Waals surface area contributed by atoms with Crippen molar-refractivity contribution in [1.82, 2.24) is 14.8 Å². The van der Waals surface area contributed by atoms with Crippen LogP contribution in [0.4, 0.5) is 5.69 Å². The first-order valence-corrected chi connectivity index (χ1v) is 8.63. The summed E-state index contributed by atoms with van der Waals surface area (Å²) in [5.74, 6) is 0.562. The summed E-state index contributed by atoms with van der Waals surface area (Å²) < 4.78 is 7.12. The third-order valence-corrected chi connectivity index (χ3v) is 4.57. The van der Waals surface area contributed by atoms with Gasteiger partial charge < -0.3 is 10.1 Å². The molecule has 0 bridgehead atoms. The van der Waals surface area contributed by atoms with Gasteiger partial charge in [0.1, 0.15) is 5.69 Å². The van der Waals surface area contributed by atoms with Crippen molar-refractivity contribution in [3.05, 3.63) is 65.6 Å². The van der Waals surface area contributed by atoms with Crippen LogP contribution in [0.3, 0.4) is 0 Å². The number of aromatic nitrogens is 3. The highest BCUT2D eigenvalue weighted by Crippen LogP contribution is 2.43. The average Bonchev–Trinajstić information content (AvgIpc) is 3.41. The van der Waals surface area contributed by atoms with Crippen LogP contribution in [0.5, 0.6) is 5.88 Å². The lowest BCUT2D eigenvalue weighted by Crippen LogP contribution is -2.15. The molecule has 6 heteroatoms. The third-order valence-electron chi connectivity index (χ3n) is 4.57. The van der Waals surface area contributed by atoms with Crippen molar-refractivity contribution in [2.75, 3.05) is 12.4 Å². The molecular formula is C20H20N4O2. The predicted molar refractivity (Wildman–Crippen MR) is 99.0 cm³/mol. The van der Waals surface area contributed by atoms with Crippen molar-refractivity contribution in [1.29, 1.82) is 0 Å². The van der Waals surface area contributed by atoms with Crippen molar-refractivity contribution >= 4 is 11.6 Å². The zero-order valence-corrected chi connectivity index (χ0v) is 14.8. The van der Waals surface area contributed by atoms with E-state index in [0.717, 1.165) is 29.8 Å². The fourth-order valence-corrected chi connectivity index (χ4v) is 3.11. The number of hydrogen-bond acceptors (Lipinski definition) is 4. The second kappa shape index (κ2) is 6.63. The molecule has 1 aliphatic rings. The normalized spacial score (nSPS) is 13.5. The van der Waals surface area contributed by atoms with Crippen LogP contribution in [0.1, 0.15) is 40.4 Å². The van der Waals surface area contributed by atoms with E-state index in [1.165, 1.54) is 7.11 Å². The largest absolute Gasteiger partial charge is 0.480 e. The molecule has 3 aromatic rings. The number of nitrogens with one attached hydrogen (secondary N) is 1. The van der Waals surface area contributed by atoms with Crippen LogP contribution in [0.25, 0.3) is 5.69 Å². The molecule has 2 heterocycles. The smallest absolute Gasteiger partial charge is 0.259 e. The minimum Gasteiger partial charge on any atom is -0.480 e. The number of hydrogen-bond donors (Lipinski definition) is 1. The van der Waals surface area contributed by atoms with E-state index in [-0.39, 0.29) is 5.91 Å². The molecule has 1 amide bonds. The van der Waals surface area contributed by atoms with Crippen molar-refractivity contribution in [2.24, 2.45) is 0 Å². The van der Waals surface area contributed by atoms with Gasteiger partial charge in [0.05, 0.1) is 30.3 Å². The minimum atomic E-state index is -0.196. The van der Waals surface area contributed by atoms with Crippen LogP contribution >= 0.6 is 0 Å². The quantitative estimate of drug-likeness (QED) is 0.763. The van der Waals surface area contributed by atoms with Crippen LogP contribution in [0.2, 0.25) is 0 Å². The van der Waals surface area contributed by atoms with Gasteiger partial charge in [-0.15, -0.1) is 0 Å². The summed E-state index contributed by atoms with van der Waals surface area (Å²) in [6, 6.07) is 11.6. The Morgan fingerprint density at radius 2 is 2.04 bits per heavy atom. The number of benzene rings is 1. The van der Waals surface area contributed by atoms with Crippen LogP contribution in [0, 0.1) is 6.92 Å². The average molecular weight is 348 g/mol. The van der Waals surface area contributed by atoms with Gasteiger partial charge in [0, 0.05) is 12.1 Å². The Bertz CT molecular complexity index is 960. The molecule has 0 atom stereocenters. The molecule has 4 rings (SSSR count). The number of pyridine rings is 1. The molecule has 2 aromatic heterocycles. The van der Waals surface area contributed by atoms with Gasteiger partial charge in [-0.25, -0.2) is 9.67 Å². The van der Waals surface area contributed by atoms with Gasteiger partial charge in [0.15, 0.2) is 0 Å². The van der Waals surface area contributed by atoms with E-state index in [4.69, 9.17) is 4.74 Å². The standard InChI is InChI=1S/C20H20N4O2/c1-13-6-3-4-8-17(13)24-18(14-9-10-14)15(12-22-24)19(25)23-16-7-5-11-21-20(16)26-2/h3-8,11-12,14H,9-10H2,1-2H3,(H,23,25). The van der Waals surface area contributed by atoms with Gasteiger partial charge in [-0.05, 0) is 43.5 Å². The Morgan fingerprint density at radius 1 is 1.23 bits per heavy atom. The summed E-state index contributed by atoms with van der Waals surface area (Å²) in [7, 11) is 1.53. The molecule has 0 radical (unpaired) electrons. The zero-order valence-electron chi connectivity index (χ0n) is 14.8. The molecule has 6 nitrogen and oxygen atoms in total. The molecule has 1 aliphatic carbocycles. The Kier molecular flexibility index (Phi) is 4.16. The number of nitrogens with zero attached hydrogens (tertiary/aromatic N) is 3. The maximum Gasteiger partial charge on any atom is 0.259 e. The minimum absolute atomic E-state index is 0.196. The number of carbonyl (C=O) groups excluding carboxylic acids is 1. The molecule has 0 aliphatic heterocycles. The molecule has 0 saturated heterocycles. The van der Waals surface area contributed by atoms with E-state index in [0.29, 0.717) is 23.0 Å². The number of ether oxygens (including phenoxy) is 1. The first-order valence-electron chi connectivity index (χ1n) is 8.63. The Morgan fingerprint density at radius 3 is 2.77 bits per heavy atom. The van der Waals surface area contributed by atoms with E-state index in [1.54, 1.807) is 24.5 Å². The Hall–Kier alpha value is -3.15. The highest BCUT2D eigenvalue weighted by molar-refractivity contribution is 6.05. The fourth-order valence-electron chi connectivity index (χ4n) is 3.11. The lowest BCUT2D eigenvalue weighted by atomic mass is 10.1. The maximum absolute atomic E-state index is 12.9. The number of rotatable bonds is 5. The van der Waals surface area contributed by atoms with E-state index in [2.05, 4.69) is 15.4 Å². The fraction of sp³-hybridized carbons (Fsp3) is 0.250. The number of para-hydroxylation sites is 1. The van der Waals surface area contributed by atoms with Gasteiger partial charge >= 0.3 is 0 Å². The van der Waals surface area contributed by atoms with Crippen LogP contribution < -0.4 is 10.1 Å². The molecule has 0 spiro atoms. The van der Waals surface area contributed by atoms with E-state index >= 15 is 0 Å². The maximum atomic E-state index is 12.9. The summed E-state index contributed by atoms with van der Waals surface area (Å²) in [6.07, 6.45) is 5.43. The molecule has 0 unspecified atom stereocenters. The summed E-state index contributed by atoms with van der Waals surface area (Å²) in [6.45, 7) is 2.05. The van der Waals surface area contributed by atoms with Gasteiger partial charge in [-0.1, -0.05) is 18.2 Å². The second-order valence-corrected chi connectivity index (χ2v) is 6.43. The number of methoxy groups -OCH3 is 1. The van der Waals surface area contributed by atoms with Gasteiger partial charge in [-0.3, -0.25) is 4.79 Å². The second-order valence-electron chi connectivity index (χ2n) is 6.43. The first kappa shape index (κ1) is 16.3. The van der Waals surface area contributed by atoms with Crippen molar-refractivity contribution < 1.29 is 9.53 Å². The van der Waals surface area contributed by atoms with Crippen molar-refractivity contribution in [3.63, 3.8) is 0 Å².